The summed E-state index contributed by atoms with van der Waals surface area (Å²) in [6, 6.07) is -1.38. The molecule has 2 nitrogen and oxygen atoms in total. The SMILES string of the molecule is C=CC(=O)OCCCCCCCCCCCCCCCCCC[Si]C(F)F. The Hall–Kier alpha value is -0.713. The van der Waals surface area contributed by atoms with Crippen molar-refractivity contribution in [2.75, 3.05) is 6.61 Å². The second kappa shape index (κ2) is 21.6. The molecular weight excluding hydrogens is 362 g/mol. The molecule has 0 aliphatic heterocycles. The minimum atomic E-state index is -2.09. The summed E-state index contributed by atoms with van der Waals surface area (Å²) in [6.07, 6.45) is 21.1. The summed E-state index contributed by atoms with van der Waals surface area (Å²) >= 11 is 0. The molecule has 0 aromatic rings. The normalized spacial score (nSPS) is 11.1. The molecule has 158 valence electrons. The highest BCUT2D eigenvalue weighted by atomic mass is 28.2. The zero-order valence-electron chi connectivity index (χ0n) is 17.2. The lowest BCUT2D eigenvalue weighted by atomic mass is 10.0. The Balaban J connectivity index is 3.03. The van der Waals surface area contributed by atoms with E-state index in [1.165, 1.54) is 83.1 Å². The van der Waals surface area contributed by atoms with Crippen LogP contribution in [0.3, 0.4) is 0 Å². The molecule has 0 rings (SSSR count). The molecule has 0 saturated carbocycles. The van der Waals surface area contributed by atoms with Crippen molar-refractivity contribution in [2.45, 2.75) is 115 Å². The van der Waals surface area contributed by atoms with Gasteiger partial charge in [0, 0.05) is 6.08 Å². The molecule has 0 fully saturated rings. The lowest BCUT2D eigenvalue weighted by molar-refractivity contribution is -0.137. The molecule has 0 aliphatic carbocycles. The highest BCUT2D eigenvalue weighted by Crippen LogP contribution is 2.14. The average molecular weight is 403 g/mol. The topological polar surface area (TPSA) is 26.3 Å². The number of carbonyl (C=O) groups excluding carboxylic acids is 1. The van der Waals surface area contributed by atoms with Gasteiger partial charge in [0.1, 0.15) is 9.52 Å². The molecule has 0 unspecified atom stereocenters. The van der Waals surface area contributed by atoms with Crippen LogP contribution < -0.4 is 0 Å². The fourth-order valence-corrected chi connectivity index (χ4v) is 3.82. The number of ether oxygens (including phenoxy) is 1. The second-order valence-corrected chi connectivity index (χ2v) is 8.63. The Morgan fingerprint density at radius 2 is 1.11 bits per heavy atom. The van der Waals surface area contributed by atoms with Gasteiger partial charge in [-0.05, 0) is 6.42 Å². The summed E-state index contributed by atoms with van der Waals surface area (Å²) in [5.41, 5.74) is 0. The summed E-state index contributed by atoms with van der Waals surface area (Å²) in [5, 5.41) is 0. The number of unbranched alkanes of at least 4 members (excludes halogenated alkanes) is 15. The van der Waals surface area contributed by atoms with Gasteiger partial charge in [-0.15, -0.1) is 0 Å². The summed E-state index contributed by atoms with van der Waals surface area (Å²) in [4.78, 5) is 10.9. The van der Waals surface area contributed by atoms with Crippen LogP contribution in [0.25, 0.3) is 0 Å². The smallest absolute Gasteiger partial charge is 0.330 e. The Bertz CT molecular complexity index is 338. The van der Waals surface area contributed by atoms with Crippen molar-refractivity contribution in [3.63, 3.8) is 0 Å². The van der Waals surface area contributed by atoms with Gasteiger partial charge < -0.3 is 4.74 Å². The van der Waals surface area contributed by atoms with Crippen LogP contribution >= 0.6 is 0 Å². The van der Waals surface area contributed by atoms with E-state index in [0.29, 0.717) is 12.7 Å². The quantitative estimate of drug-likeness (QED) is 0.0871. The Morgan fingerprint density at radius 1 is 0.741 bits per heavy atom. The van der Waals surface area contributed by atoms with Crippen molar-refractivity contribution in [1.82, 2.24) is 0 Å². The van der Waals surface area contributed by atoms with Gasteiger partial charge in [0.2, 0.25) is 6.05 Å². The largest absolute Gasteiger partial charge is 0.463 e. The standard InChI is InChI=1S/C22H40F2O2Si/c1-2-21(25)26-19-17-15-13-11-9-7-5-3-4-6-8-10-12-14-16-18-20-27-22(23)24/h2,22H,1,3-20H2. The molecule has 0 atom stereocenters. The van der Waals surface area contributed by atoms with Crippen molar-refractivity contribution in [3.8, 4) is 0 Å². The van der Waals surface area contributed by atoms with Crippen molar-refractivity contribution in [1.29, 1.82) is 0 Å². The first-order valence-electron chi connectivity index (χ1n) is 11.0. The first kappa shape index (κ1) is 26.3. The third-order valence-electron chi connectivity index (χ3n) is 4.78. The van der Waals surface area contributed by atoms with E-state index >= 15 is 0 Å². The van der Waals surface area contributed by atoms with Gasteiger partial charge in [0.25, 0.3) is 0 Å². The molecule has 0 aromatic carbocycles. The predicted molar refractivity (Wildman–Crippen MR) is 112 cm³/mol. The molecule has 27 heavy (non-hydrogen) atoms. The van der Waals surface area contributed by atoms with Crippen LogP contribution in [0.1, 0.15) is 103 Å². The molecular formula is C22H40F2O2Si. The third kappa shape index (κ3) is 23.2. The third-order valence-corrected chi connectivity index (χ3v) is 5.73. The maximum Gasteiger partial charge on any atom is 0.330 e. The maximum atomic E-state index is 12.0. The zero-order valence-corrected chi connectivity index (χ0v) is 18.2. The van der Waals surface area contributed by atoms with E-state index < -0.39 is 6.05 Å². The van der Waals surface area contributed by atoms with E-state index in [0.717, 1.165) is 25.7 Å². The fraction of sp³-hybridized carbons (Fsp3) is 0.864. The highest BCUT2D eigenvalue weighted by Gasteiger charge is 2.02. The van der Waals surface area contributed by atoms with Crippen LogP contribution in [0, 0.1) is 0 Å². The number of halogens is 2. The number of esters is 1. The number of hydrogen-bond acceptors (Lipinski definition) is 2. The number of alkyl halides is 2. The van der Waals surface area contributed by atoms with E-state index in [4.69, 9.17) is 4.74 Å². The second-order valence-electron chi connectivity index (χ2n) is 7.28. The summed E-state index contributed by atoms with van der Waals surface area (Å²) < 4.78 is 28.9. The Morgan fingerprint density at radius 3 is 1.48 bits per heavy atom. The fourth-order valence-electron chi connectivity index (χ4n) is 3.14. The number of hydrogen-bond donors (Lipinski definition) is 0. The summed E-state index contributed by atoms with van der Waals surface area (Å²) in [7, 11) is -0.154. The molecule has 0 saturated heterocycles. The first-order chi connectivity index (χ1) is 13.2. The van der Waals surface area contributed by atoms with Gasteiger partial charge in [-0.3, -0.25) is 0 Å². The molecule has 0 N–H and O–H groups in total. The molecule has 2 radical (unpaired) electrons. The van der Waals surface area contributed by atoms with E-state index in [-0.39, 0.29) is 15.5 Å². The Labute approximate surface area is 168 Å². The first-order valence-corrected chi connectivity index (χ1v) is 12.3. The van der Waals surface area contributed by atoms with Gasteiger partial charge in [-0.2, -0.15) is 0 Å². The van der Waals surface area contributed by atoms with Crippen LogP contribution in [0.4, 0.5) is 8.78 Å². The van der Waals surface area contributed by atoms with Gasteiger partial charge in [0.15, 0.2) is 0 Å². The highest BCUT2D eigenvalue weighted by molar-refractivity contribution is 6.36. The number of rotatable bonds is 21. The minimum Gasteiger partial charge on any atom is -0.463 e. The van der Waals surface area contributed by atoms with Crippen LogP contribution in [-0.4, -0.2) is 28.1 Å². The molecule has 0 aromatic heterocycles. The lowest BCUT2D eigenvalue weighted by Gasteiger charge is -2.04. The van der Waals surface area contributed by atoms with E-state index in [1.54, 1.807) is 0 Å². The molecule has 0 aliphatic rings. The van der Waals surface area contributed by atoms with Crippen LogP contribution in [0.15, 0.2) is 12.7 Å². The minimum absolute atomic E-state index is 0.154. The zero-order chi connectivity index (χ0) is 20.0. The van der Waals surface area contributed by atoms with Gasteiger partial charge in [-0.1, -0.05) is 109 Å². The van der Waals surface area contributed by atoms with Gasteiger partial charge >= 0.3 is 5.97 Å². The van der Waals surface area contributed by atoms with Crippen LogP contribution in [0.5, 0.6) is 0 Å². The predicted octanol–water partition coefficient (Wildman–Crippen LogP) is 7.30. The average Bonchev–Trinajstić information content (AvgIpc) is 2.65. The van der Waals surface area contributed by atoms with Gasteiger partial charge in [0.05, 0.1) is 6.61 Å². The summed E-state index contributed by atoms with van der Waals surface area (Å²) in [6.45, 7) is 3.89. The molecule has 0 spiro atoms. The van der Waals surface area contributed by atoms with E-state index in [9.17, 15) is 13.6 Å². The molecule has 0 bridgehead atoms. The van der Waals surface area contributed by atoms with Crippen molar-refractivity contribution in [2.24, 2.45) is 0 Å². The van der Waals surface area contributed by atoms with Crippen molar-refractivity contribution < 1.29 is 18.3 Å². The lowest BCUT2D eigenvalue weighted by Crippen LogP contribution is -2.02. The van der Waals surface area contributed by atoms with Crippen molar-refractivity contribution >= 4 is 15.5 Å². The molecule has 0 amide bonds. The van der Waals surface area contributed by atoms with Crippen molar-refractivity contribution in [3.05, 3.63) is 12.7 Å². The maximum absolute atomic E-state index is 12.0. The number of carbonyl (C=O) groups is 1. The Kier molecular flexibility index (Phi) is 21.0. The monoisotopic (exact) mass is 402 g/mol. The van der Waals surface area contributed by atoms with Gasteiger partial charge in [-0.25, -0.2) is 13.6 Å². The van der Waals surface area contributed by atoms with Crippen LogP contribution in [-0.2, 0) is 9.53 Å². The van der Waals surface area contributed by atoms with E-state index in [2.05, 4.69) is 6.58 Å². The van der Waals surface area contributed by atoms with E-state index in [1.807, 2.05) is 0 Å². The molecule has 5 heteroatoms. The molecule has 0 heterocycles. The summed E-state index contributed by atoms with van der Waals surface area (Å²) in [5.74, 6) is -0.321. The van der Waals surface area contributed by atoms with Crippen LogP contribution in [0.2, 0.25) is 6.04 Å².